The number of aromatic nitrogens is 1. The second kappa shape index (κ2) is 6.42. The Labute approximate surface area is 145 Å². The number of nitrogens with zero attached hydrogens (tertiary/aromatic N) is 3. The van der Waals surface area contributed by atoms with Crippen LogP contribution in [0.1, 0.15) is 15.9 Å². The Morgan fingerprint density at radius 2 is 1.83 bits per heavy atom. The molecule has 24 heavy (non-hydrogen) atoms. The first kappa shape index (κ1) is 15.4. The van der Waals surface area contributed by atoms with Crippen LogP contribution in [0.25, 0.3) is 0 Å². The van der Waals surface area contributed by atoms with Crippen molar-refractivity contribution in [3.63, 3.8) is 0 Å². The molecule has 0 aliphatic carbocycles. The van der Waals surface area contributed by atoms with Crippen molar-refractivity contribution in [2.24, 2.45) is 0 Å². The standard InChI is InChI=1S/C18H18ClN3O2/c19-14-1-2-17-13(9-14)3-4-22(18(17)23)16-10-15(11-20-12-16)21-5-7-24-8-6-21/h1-2,9-12H,3-8H2. The number of benzene rings is 1. The third kappa shape index (κ3) is 2.85. The van der Waals surface area contributed by atoms with Crippen LogP contribution in [-0.4, -0.2) is 43.7 Å². The lowest BCUT2D eigenvalue weighted by Gasteiger charge is -2.31. The number of amides is 1. The van der Waals surface area contributed by atoms with E-state index in [1.54, 1.807) is 17.2 Å². The molecular formula is C18H18ClN3O2. The van der Waals surface area contributed by atoms with Crippen LogP contribution in [0.5, 0.6) is 0 Å². The SMILES string of the molecule is O=C1c2ccc(Cl)cc2CCN1c1cncc(N2CCOCC2)c1. The first-order chi connectivity index (χ1) is 11.7. The minimum atomic E-state index is 0.00819. The van der Waals surface area contributed by atoms with E-state index in [0.717, 1.165) is 55.2 Å². The predicted octanol–water partition coefficient (Wildman–Crippen LogP) is 2.77. The van der Waals surface area contributed by atoms with Gasteiger partial charge in [-0.1, -0.05) is 11.6 Å². The first-order valence-electron chi connectivity index (χ1n) is 8.10. The summed E-state index contributed by atoms with van der Waals surface area (Å²) >= 11 is 6.03. The van der Waals surface area contributed by atoms with Crippen LogP contribution >= 0.6 is 11.6 Å². The summed E-state index contributed by atoms with van der Waals surface area (Å²) < 4.78 is 5.40. The molecular weight excluding hydrogens is 326 g/mol. The van der Waals surface area contributed by atoms with Gasteiger partial charge in [0.05, 0.1) is 37.0 Å². The van der Waals surface area contributed by atoms with Gasteiger partial charge in [0.1, 0.15) is 0 Å². The van der Waals surface area contributed by atoms with Crippen molar-refractivity contribution in [1.29, 1.82) is 0 Å². The van der Waals surface area contributed by atoms with Gasteiger partial charge in [-0.05, 0) is 36.2 Å². The predicted molar refractivity (Wildman–Crippen MR) is 94.1 cm³/mol. The summed E-state index contributed by atoms with van der Waals surface area (Å²) in [5.74, 6) is 0.00819. The average Bonchev–Trinajstić information content (AvgIpc) is 2.63. The zero-order valence-electron chi connectivity index (χ0n) is 13.2. The largest absolute Gasteiger partial charge is 0.378 e. The van der Waals surface area contributed by atoms with Gasteiger partial charge >= 0.3 is 0 Å². The first-order valence-corrected chi connectivity index (χ1v) is 8.48. The van der Waals surface area contributed by atoms with Gasteiger partial charge in [0.2, 0.25) is 0 Å². The highest BCUT2D eigenvalue weighted by Crippen LogP contribution is 2.28. The summed E-state index contributed by atoms with van der Waals surface area (Å²) in [4.78, 5) is 21.2. The molecule has 0 bridgehead atoms. The third-order valence-electron chi connectivity index (χ3n) is 4.54. The smallest absolute Gasteiger partial charge is 0.258 e. The molecule has 1 fully saturated rings. The van der Waals surface area contributed by atoms with Crippen molar-refractivity contribution in [2.75, 3.05) is 42.6 Å². The summed E-state index contributed by atoms with van der Waals surface area (Å²) in [5, 5.41) is 0.672. The van der Waals surface area contributed by atoms with E-state index in [9.17, 15) is 4.79 Å². The molecule has 0 unspecified atom stereocenters. The quantitative estimate of drug-likeness (QED) is 0.841. The highest BCUT2D eigenvalue weighted by atomic mass is 35.5. The van der Waals surface area contributed by atoms with Crippen LogP contribution in [-0.2, 0) is 11.2 Å². The van der Waals surface area contributed by atoms with Crippen molar-refractivity contribution in [3.05, 3.63) is 52.8 Å². The molecule has 0 radical (unpaired) electrons. The molecule has 2 aliphatic rings. The van der Waals surface area contributed by atoms with E-state index in [1.165, 1.54) is 0 Å². The maximum atomic E-state index is 12.8. The van der Waals surface area contributed by atoms with Gasteiger partial charge in [0, 0.05) is 30.2 Å². The minimum Gasteiger partial charge on any atom is -0.378 e. The van der Waals surface area contributed by atoms with Gasteiger partial charge in [-0.15, -0.1) is 0 Å². The molecule has 5 nitrogen and oxygen atoms in total. The van der Waals surface area contributed by atoms with Crippen LogP contribution in [0, 0.1) is 0 Å². The lowest BCUT2D eigenvalue weighted by molar-refractivity contribution is 0.0980. The van der Waals surface area contributed by atoms with E-state index in [1.807, 2.05) is 24.4 Å². The van der Waals surface area contributed by atoms with Crippen molar-refractivity contribution in [1.82, 2.24) is 4.98 Å². The van der Waals surface area contributed by atoms with Crippen molar-refractivity contribution in [3.8, 4) is 0 Å². The van der Waals surface area contributed by atoms with Crippen molar-refractivity contribution >= 4 is 28.9 Å². The van der Waals surface area contributed by atoms with Crippen LogP contribution in [0.4, 0.5) is 11.4 Å². The fourth-order valence-electron chi connectivity index (χ4n) is 3.26. The molecule has 2 aromatic rings. The molecule has 1 amide bonds. The van der Waals surface area contributed by atoms with Gasteiger partial charge in [0.25, 0.3) is 5.91 Å². The Kier molecular flexibility index (Phi) is 4.12. The Morgan fingerprint density at radius 1 is 1.04 bits per heavy atom. The molecule has 1 saturated heterocycles. The van der Waals surface area contributed by atoms with Gasteiger partial charge in [-0.2, -0.15) is 0 Å². The van der Waals surface area contributed by atoms with Crippen LogP contribution in [0.3, 0.4) is 0 Å². The number of morpholine rings is 1. The van der Waals surface area contributed by atoms with Gasteiger partial charge in [0.15, 0.2) is 0 Å². The maximum absolute atomic E-state index is 12.8. The number of carbonyl (C=O) groups excluding carboxylic acids is 1. The van der Waals surface area contributed by atoms with E-state index in [-0.39, 0.29) is 5.91 Å². The molecule has 4 rings (SSSR count). The summed E-state index contributed by atoms with van der Waals surface area (Å²) in [6, 6.07) is 7.50. The number of rotatable bonds is 2. The number of hydrogen-bond acceptors (Lipinski definition) is 4. The van der Waals surface area contributed by atoms with Gasteiger partial charge in [-0.3, -0.25) is 9.78 Å². The van der Waals surface area contributed by atoms with Crippen LogP contribution in [0.2, 0.25) is 5.02 Å². The topological polar surface area (TPSA) is 45.7 Å². The second-order valence-corrected chi connectivity index (χ2v) is 6.45. The van der Waals surface area contributed by atoms with Gasteiger partial charge in [-0.25, -0.2) is 0 Å². The minimum absolute atomic E-state index is 0.00819. The fraction of sp³-hybridized carbons (Fsp3) is 0.333. The zero-order chi connectivity index (χ0) is 16.5. The average molecular weight is 344 g/mol. The molecule has 0 saturated carbocycles. The van der Waals surface area contributed by atoms with E-state index >= 15 is 0 Å². The molecule has 6 heteroatoms. The fourth-order valence-corrected chi connectivity index (χ4v) is 3.46. The second-order valence-electron chi connectivity index (χ2n) is 6.01. The molecule has 0 N–H and O–H groups in total. The normalized spacial score (nSPS) is 17.8. The number of fused-ring (bicyclic) bond motifs is 1. The number of hydrogen-bond donors (Lipinski definition) is 0. The lowest BCUT2D eigenvalue weighted by Crippen LogP contribution is -2.38. The molecule has 1 aromatic heterocycles. The Morgan fingerprint density at radius 3 is 2.67 bits per heavy atom. The van der Waals surface area contributed by atoms with Crippen LogP contribution < -0.4 is 9.80 Å². The van der Waals surface area contributed by atoms with Gasteiger partial charge < -0.3 is 14.5 Å². The summed E-state index contributed by atoms with van der Waals surface area (Å²) in [5.41, 5.74) is 3.61. The van der Waals surface area contributed by atoms with E-state index in [0.29, 0.717) is 11.6 Å². The summed E-state index contributed by atoms with van der Waals surface area (Å²) in [7, 11) is 0. The Hall–Kier alpha value is -2.11. The van der Waals surface area contributed by atoms with Crippen molar-refractivity contribution in [2.45, 2.75) is 6.42 Å². The maximum Gasteiger partial charge on any atom is 0.258 e. The molecule has 0 atom stereocenters. The number of ether oxygens (including phenoxy) is 1. The number of halogens is 1. The lowest BCUT2D eigenvalue weighted by atomic mass is 9.99. The third-order valence-corrected chi connectivity index (χ3v) is 4.78. The monoisotopic (exact) mass is 343 g/mol. The molecule has 124 valence electrons. The Balaban J connectivity index is 1.62. The van der Waals surface area contributed by atoms with E-state index < -0.39 is 0 Å². The van der Waals surface area contributed by atoms with Crippen LogP contribution in [0.15, 0.2) is 36.7 Å². The number of pyridine rings is 1. The van der Waals surface area contributed by atoms with Crippen molar-refractivity contribution < 1.29 is 9.53 Å². The van der Waals surface area contributed by atoms with E-state index in [4.69, 9.17) is 16.3 Å². The summed E-state index contributed by atoms with van der Waals surface area (Å²) in [6.45, 7) is 3.78. The molecule has 1 aromatic carbocycles. The highest BCUT2D eigenvalue weighted by molar-refractivity contribution is 6.30. The molecule has 0 spiro atoms. The molecule has 3 heterocycles. The summed E-state index contributed by atoms with van der Waals surface area (Å²) in [6.07, 6.45) is 4.39. The number of anilines is 2. The zero-order valence-corrected chi connectivity index (χ0v) is 14.0. The Bertz CT molecular complexity index is 775. The molecule has 2 aliphatic heterocycles. The number of carbonyl (C=O) groups is 1. The van der Waals surface area contributed by atoms with E-state index in [2.05, 4.69) is 9.88 Å². The highest BCUT2D eigenvalue weighted by Gasteiger charge is 2.26.